The number of hydrogen-bond acceptors (Lipinski definition) is 5. The lowest BCUT2D eigenvalue weighted by Crippen LogP contribution is -2.54. The molecule has 1 heterocycles. The number of benzene rings is 1. The molecule has 1 fully saturated rings. The molecule has 1 aliphatic heterocycles. The van der Waals surface area contributed by atoms with Gasteiger partial charge in [0.2, 0.25) is 0 Å². The molecule has 0 radical (unpaired) electrons. The second-order valence-corrected chi connectivity index (χ2v) is 7.33. The summed E-state index contributed by atoms with van der Waals surface area (Å²) >= 11 is 0. The number of carboxylic acid groups (broad SMARTS) is 1. The van der Waals surface area contributed by atoms with Crippen molar-refractivity contribution in [3.8, 4) is 0 Å². The molecule has 1 aromatic carbocycles. The quantitative estimate of drug-likeness (QED) is 0.620. The van der Waals surface area contributed by atoms with Crippen LogP contribution in [0, 0.1) is 0 Å². The molecule has 6 nitrogen and oxygen atoms in total. The molecular formula is C17H25NO5P+. The van der Waals surface area contributed by atoms with Gasteiger partial charge < -0.3 is 20.3 Å². The number of nitrogens with one attached hydrogen (secondary N) is 1. The number of carboxylic acids is 1. The number of unbranched alkanes of at least 4 members (excludes halogenated alkanes) is 1. The molecule has 1 saturated heterocycles. The highest BCUT2D eigenvalue weighted by molar-refractivity contribution is 7.25. The van der Waals surface area contributed by atoms with Crippen LogP contribution < -0.4 is 5.32 Å². The summed E-state index contributed by atoms with van der Waals surface area (Å²) in [6, 6.07) is 6.86. The normalized spacial score (nSPS) is 23.8. The van der Waals surface area contributed by atoms with Crippen LogP contribution in [0.5, 0.6) is 0 Å². The molecule has 3 N–H and O–H groups in total. The van der Waals surface area contributed by atoms with Crippen molar-refractivity contribution in [3.05, 3.63) is 35.4 Å². The van der Waals surface area contributed by atoms with Crippen LogP contribution >= 0.6 is 8.46 Å². The molecule has 0 saturated carbocycles. The van der Waals surface area contributed by atoms with Crippen molar-refractivity contribution in [3.63, 3.8) is 0 Å². The first-order valence-corrected chi connectivity index (χ1v) is 9.18. The number of rotatable bonds is 8. The third-order valence-corrected chi connectivity index (χ3v) is 5.32. The van der Waals surface area contributed by atoms with E-state index in [0.717, 1.165) is 18.4 Å². The van der Waals surface area contributed by atoms with Gasteiger partial charge in [-0.2, -0.15) is 0 Å². The molecular weight excluding hydrogens is 329 g/mol. The maximum atomic E-state index is 11.4. The van der Waals surface area contributed by atoms with E-state index < -0.39 is 25.9 Å². The Morgan fingerprint density at radius 3 is 2.62 bits per heavy atom. The molecule has 7 heteroatoms. The summed E-state index contributed by atoms with van der Waals surface area (Å²) in [5, 5.41) is 21.5. The van der Waals surface area contributed by atoms with Crippen LogP contribution in [-0.2, 0) is 15.7 Å². The lowest BCUT2D eigenvalue weighted by atomic mass is 10.0. The minimum Gasteiger partial charge on any atom is -0.478 e. The van der Waals surface area contributed by atoms with Crippen molar-refractivity contribution in [1.82, 2.24) is 5.32 Å². The van der Waals surface area contributed by atoms with Gasteiger partial charge >= 0.3 is 14.4 Å². The number of ether oxygens (including phenoxy) is 1. The van der Waals surface area contributed by atoms with Crippen LogP contribution in [0.3, 0.4) is 0 Å². The summed E-state index contributed by atoms with van der Waals surface area (Å²) < 4.78 is 17.2. The standard InChI is InChI=1S/C17H24NO5P/c1-2-3-8-17(21,24-22)15-10-18-14(11-23-15)9-12-4-6-13(7-5-12)16(19)20/h4-7,14-15,18,21H,2-3,8-11H2,1H3,(H,19,20)/p+1/t14-,15+,17?/m1/s1. The number of carbonyl (C=O) groups is 1. The zero-order valence-electron chi connectivity index (χ0n) is 13.8. The van der Waals surface area contributed by atoms with Gasteiger partial charge in [-0.3, -0.25) is 0 Å². The van der Waals surface area contributed by atoms with Gasteiger partial charge in [0.1, 0.15) is 6.10 Å². The van der Waals surface area contributed by atoms with Crippen molar-refractivity contribution < 1.29 is 24.3 Å². The monoisotopic (exact) mass is 354 g/mol. The first kappa shape index (κ1) is 19.0. The summed E-state index contributed by atoms with van der Waals surface area (Å²) in [6.07, 6.45) is 2.46. The molecule has 24 heavy (non-hydrogen) atoms. The SMILES string of the molecule is CCCCC(O)([PH+]=O)[C@@H]1CN[C@H](Cc2ccc(C(=O)O)cc2)CO1. The van der Waals surface area contributed by atoms with Crippen molar-refractivity contribution in [2.24, 2.45) is 0 Å². The lowest BCUT2D eigenvalue weighted by molar-refractivity contribution is -0.0884. The molecule has 0 spiro atoms. The first-order chi connectivity index (χ1) is 11.5. The van der Waals surface area contributed by atoms with Crippen molar-refractivity contribution in [2.75, 3.05) is 13.2 Å². The number of aromatic carboxylic acids is 1. The van der Waals surface area contributed by atoms with Crippen molar-refractivity contribution in [2.45, 2.75) is 50.1 Å². The summed E-state index contributed by atoms with van der Waals surface area (Å²) in [7, 11) is -0.811. The van der Waals surface area contributed by atoms with E-state index in [4.69, 9.17) is 9.84 Å². The average Bonchev–Trinajstić information content (AvgIpc) is 2.60. The van der Waals surface area contributed by atoms with Gasteiger partial charge in [-0.1, -0.05) is 30.0 Å². The Balaban J connectivity index is 1.88. The zero-order chi connectivity index (χ0) is 17.6. The predicted octanol–water partition coefficient (Wildman–Crippen LogP) is 2.19. The fourth-order valence-corrected chi connectivity index (χ4v) is 3.45. The third-order valence-electron chi connectivity index (χ3n) is 4.39. The Morgan fingerprint density at radius 2 is 2.12 bits per heavy atom. The number of morpholine rings is 1. The summed E-state index contributed by atoms with van der Waals surface area (Å²) in [4.78, 5) is 10.9. The Morgan fingerprint density at radius 1 is 1.42 bits per heavy atom. The van der Waals surface area contributed by atoms with E-state index in [1.54, 1.807) is 24.3 Å². The van der Waals surface area contributed by atoms with Gasteiger partial charge in [0.05, 0.1) is 12.2 Å². The van der Waals surface area contributed by atoms with E-state index in [2.05, 4.69) is 5.32 Å². The van der Waals surface area contributed by atoms with Crippen molar-refractivity contribution in [1.29, 1.82) is 0 Å². The Bertz CT molecular complexity index is 557. The molecule has 1 aliphatic rings. The van der Waals surface area contributed by atoms with Crippen molar-refractivity contribution >= 4 is 14.4 Å². The number of hydrogen-bond donors (Lipinski definition) is 3. The summed E-state index contributed by atoms with van der Waals surface area (Å²) in [6.45, 7) is 2.90. The molecule has 0 bridgehead atoms. The third kappa shape index (κ3) is 4.84. The van der Waals surface area contributed by atoms with Crippen LogP contribution in [0.2, 0.25) is 0 Å². The Labute approximate surface area is 143 Å². The fraction of sp³-hybridized carbons (Fsp3) is 0.588. The largest absolute Gasteiger partial charge is 0.478 e. The Kier molecular flexibility index (Phi) is 6.87. The highest BCUT2D eigenvalue weighted by Crippen LogP contribution is 2.33. The zero-order valence-corrected chi connectivity index (χ0v) is 14.8. The second-order valence-electron chi connectivity index (χ2n) is 6.26. The van der Waals surface area contributed by atoms with Gasteiger partial charge in [-0.15, -0.1) is 0 Å². The molecule has 0 aliphatic carbocycles. The molecule has 0 amide bonds. The molecule has 4 atom stereocenters. The first-order valence-electron chi connectivity index (χ1n) is 8.27. The van der Waals surface area contributed by atoms with Crippen LogP contribution in [-0.4, -0.2) is 46.8 Å². The van der Waals surface area contributed by atoms with Gasteiger partial charge in [0.25, 0.3) is 5.34 Å². The van der Waals surface area contributed by atoms with E-state index in [0.29, 0.717) is 26.0 Å². The van der Waals surface area contributed by atoms with Crippen LogP contribution in [0.4, 0.5) is 0 Å². The maximum Gasteiger partial charge on any atom is 0.362 e. The molecule has 2 rings (SSSR count). The summed E-state index contributed by atoms with van der Waals surface area (Å²) in [5.41, 5.74) is 1.29. The fourth-order valence-electron chi connectivity index (χ4n) is 2.85. The average molecular weight is 354 g/mol. The van der Waals surface area contributed by atoms with Crippen LogP contribution in [0.1, 0.15) is 42.1 Å². The highest BCUT2D eigenvalue weighted by atomic mass is 31.1. The highest BCUT2D eigenvalue weighted by Gasteiger charge is 2.47. The van der Waals surface area contributed by atoms with Gasteiger partial charge in [-0.05, 0) is 30.5 Å². The minimum atomic E-state index is -1.28. The van der Waals surface area contributed by atoms with E-state index in [1.165, 1.54) is 0 Å². The lowest BCUT2D eigenvalue weighted by Gasteiger charge is -2.34. The topological polar surface area (TPSA) is 95.9 Å². The van der Waals surface area contributed by atoms with Gasteiger partial charge in [0.15, 0.2) is 0 Å². The predicted molar refractivity (Wildman–Crippen MR) is 92.1 cm³/mol. The smallest absolute Gasteiger partial charge is 0.362 e. The molecule has 0 aromatic heterocycles. The van der Waals surface area contributed by atoms with Gasteiger partial charge in [0, 0.05) is 19.0 Å². The van der Waals surface area contributed by atoms with Crippen LogP contribution in [0.15, 0.2) is 24.3 Å². The minimum absolute atomic E-state index is 0.0855. The van der Waals surface area contributed by atoms with E-state index in [1.807, 2.05) is 6.92 Å². The molecule has 1 aromatic rings. The van der Waals surface area contributed by atoms with E-state index >= 15 is 0 Å². The van der Waals surface area contributed by atoms with E-state index in [9.17, 15) is 14.5 Å². The Hall–Kier alpha value is -1.33. The van der Waals surface area contributed by atoms with E-state index in [-0.39, 0.29) is 11.6 Å². The summed E-state index contributed by atoms with van der Waals surface area (Å²) in [5.74, 6) is -0.937. The maximum absolute atomic E-state index is 11.4. The molecule has 2 unspecified atom stereocenters. The number of aliphatic hydroxyl groups is 1. The van der Waals surface area contributed by atoms with Gasteiger partial charge in [-0.25, -0.2) is 4.79 Å². The molecule has 132 valence electrons. The van der Waals surface area contributed by atoms with Crippen LogP contribution in [0.25, 0.3) is 0 Å². The second kappa shape index (κ2) is 8.67.